The molecule has 21 heavy (non-hydrogen) atoms. The van der Waals surface area contributed by atoms with Gasteiger partial charge in [0.1, 0.15) is 12.2 Å². The van der Waals surface area contributed by atoms with Crippen molar-refractivity contribution < 1.29 is 4.79 Å². The molecule has 1 aromatic carbocycles. The lowest BCUT2D eigenvalue weighted by Gasteiger charge is -2.10. The molecule has 0 radical (unpaired) electrons. The van der Waals surface area contributed by atoms with Crippen molar-refractivity contribution in [2.45, 2.75) is 25.8 Å². The molecular formula is C14H20N6O. The number of aromatic amines is 1. The number of aromatic nitrogens is 3. The van der Waals surface area contributed by atoms with Crippen LogP contribution < -0.4 is 16.4 Å². The van der Waals surface area contributed by atoms with Crippen LogP contribution in [0.5, 0.6) is 0 Å². The normalized spacial score (nSPS) is 11.9. The van der Waals surface area contributed by atoms with Crippen LogP contribution in [0.25, 0.3) is 0 Å². The third-order valence-corrected chi connectivity index (χ3v) is 3.01. The van der Waals surface area contributed by atoms with Crippen molar-refractivity contribution in [1.82, 2.24) is 20.5 Å². The van der Waals surface area contributed by atoms with Crippen molar-refractivity contribution in [2.24, 2.45) is 5.73 Å². The van der Waals surface area contributed by atoms with Crippen LogP contribution in [0, 0.1) is 0 Å². The fourth-order valence-corrected chi connectivity index (χ4v) is 1.88. The van der Waals surface area contributed by atoms with Gasteiger partial charge in [0.25, 0.3) is 0 Å². The zero-order valence-corrected chi connectivity index (χ0v) is 12.0. The van der Waals surface area contributed by atoms with Gasteiger partial charge < -0.3 is 16.4 Å². The lowest BCUT2D eigenvalue weighted by Crippen LogP contribution is -2.29. The van der Waals surface area contributed by atoms with Crippen LogP contribution >= 0.6 is 0 Å². The first-order valence-corrected chi connectivity index (χ1v) is 6.90. The smallest absolute Gasteiger partial charge is 0.319 e. The molecule has 1 heterocycles. The Morgan fingerprint density at radius 1 is 1.48 bits per heavy atom. The van der Waals surface area contributed by atoms with Gasteiger partial charge in [-0.3, -0.25) is 5.10 Å². The lowest BCUT2D eigenvalue weighted by atomic mass is 10.1. The zero-order chi connectivity index (χ0) is 15.1. The number of benzene rings is 1. The molecule has 0 aliphatic heterocycles. The third-order valence-electron chi connectivity index (χ3n) is 3.01. The summed E-state index contributed by atoms with van der Waals surface area (Å²) in [5, 5.41) is 12.1. The van der Waals surface area contributed by atoms with Crippen molar-refractivity contribution >= 4 is 11.7 Å². The minimum Gasteiger partial charge on any atom is -0.338 e. The van der Waals surface area contributed by atoms with E-state index < -0.39 is 0 Å². The Balaban J connectivity index is 1.72. The summed E-state index contributed by atoms with van der Waals surface area (Å²) < 4.78 is 0. The first-order valence-electron chi connectivity index (χ1n) is 6.90. The van der Waals surface area contributed by atoms with Crippen LogP contribution in [0.3, 0.4) is 0 Å². The predicted molar refractivity (Wildman–Crippen MR) is 80.8 cm³/mol. The van der Waals surface area contributed by atoms with E-state index in [1.54, 1.807) is 0 Å². The van der Waals surface area contributed by atoms with Gasteiger partial charge in [0, 0.05) is 24.7 Å². The number of rotatable bonds is 6. The van der Waals surface area contributed by atoms with Gasteiger partial charge in [0.2, 0.25) is 0 Å². The maximum atomic E-state index is 11.8. The number of carbonyl (C=O) groups is 1. The number of hydrogen-bond donors (Lipinski definition) is 4. The minimum atomic E-state index is -0.227. The Bertz CT molecular complexity index is 567. The summed E-state index contributed by atoms with van der Waals surface area (Å²) in [6.45, 7) is 2.47. The standard InChI is InChI=1S/C14H20N6O/c1-10(15)11-4-2-5-12(8-11)19-14(21)16-7-3-6-13-17-9-18-20-13/h2,4-5,8-10H,3,6-7,15H2,1H3,(H2,16,19,21)(H,17,18,20). The lowest BCUT2D eigenvalue weighted by molar-refractivity contribution is 0.252. The number of aryl methyl sites for hydroxylation is 1. The molecule has 5 N–H and O–H groups in total. The quantitative estimate of drug-likeness (QED) is 0.605. The molecule has 0 fully saturated rings. The average molecular weight is 288 g/mol. The second-order valence-electron chi connectivity index (χ2n) is 4.83. The predicted octanol–water partition coefficient (Wildman–Crippen LogP) is 1.58. The van der Waals surface area contributed by atoms with Gasteiger partial charge in [-0.15, -0.1) is 0 Å². The van der Waals surface area contributed by atoms with Gasteiger partial charge in [-0.05, 0) is 31.0 Å². The summed E-state index contributed by atoms with van der Waals surface area (Å²) in [5.74, 6) is 0.821. The number of nitrogens with two attached hydrogens (primary N) is 1. The topological polar surface area (TPSA) is 109 Å². The van der Waals surface area contributed by atoms with Crippen molar-refractivity contribution in [1.29, 1.82) is 0 Å². The van der Waals surface area contributed by atoms with Gasteiger partial charge >= 0.3 is 6.03 Å². The molecule has 112 valence electrons. The summed E-state index contributed by atoms with van der Waals surface area (Å²) in [6, 6.07) is 7.23. The molecule has 0 saturated carbocycles. The van der Waals surface area contributed by atoms with Gasteiger partial charge in [-0.25, -0.2) is 9.78 Å². The summed E-state index contributed by atoms with van der Waals surface area (Å²) in [6.07, 6.45) is 3.02. The van der Waals surface area contributed by atoms with E-state index in [1.807, 2.05) is 31.2 Å². The molecular weight excluding hydrogens is 268 g/mol. The molecule has 1 aromatic heterocycles. The van der Waals surface area contributed by atoms with E-state index in [0.29, 0.717) is 6.54 Å². The minimum absolute atomic E-state index is 0.0586. The number of H-pyrrole nitrogens is 1. The third kappa shape index (κ3) is 4.88. The molecule has 0 aliphatic carbocycles. The second-order valence-corrected chi connectivity index (χ2v) is 4.83. The SMILES string of the molecule is CC(N)c1cccc(NC(=O)NCCCc2ncn[nH]2)c1. The molecule has 7 nitrogen and oxygen atoms in total. The van der Waals surface area contributed by atoms with E-state index in [1.165, 1.54) is 6.33 Å². The fraction of sp³-hybridized carbons (Fsp3) is 0.357. The molecule has 0 bridgehead atoms. The van der Waals surface area contributed by atoms with E-state index >= 15 is 0 Å². The van der Waals surface area contributed by atoms with E-state index in [-0.39, 0.29) is 12.1 Å². The highest BCUT2D eigenvalue weighted by Crippen LogP contribution is 2.15. The molecule has 2 amide bonds. The summed E-state index contributed by atoms with van der Waals surface area (Å²) >= 11 is 0. The Morgan fingerprint density at radius 3 is 3.05 bits per heavy atom. The molecule has 7 heteroatoms. The zero-order valence-electron chi connectivity index (χ0n) is 12.0. The van der Waals surface area contributed by atoms with Crippen LogP contribution in [0.4, 0.5) is 10.5 Å². The number of nitrogens with one attached hydrogen (secondary N) is 3. The highest BCUT2D eigenvalue weighted by molar-refractivity contribution is 5.89. The number of hydrogen-bond acceptors (Lipinski definition) is 4. The monoisotopic (exact) mass is 288 g/mol. The van der Waals surface area contributed by atoms with Gasteiger partial charge in [-0.2, -0.15) is 5.10 Å². The average Bonchev–Trinajstić information content (AvgIpc) is 2.97. The van der Waals surface area contributed by atoms with Crippen molar-refractivity contribution in [3.8, 4) is 0 Å². The molecule has 0 saturated heterocycles. The summed E-state index contributed by atoms with van der Waals surface area (Å²) in [4.78, 5) is 15.8. The molecule has 0 spiro atoms. The Morgan fingerprint density at radius 2 is 2.33 bits per heavy atom. The second kappa shape index (κ2) is 7.39. The largest absolute Gasteiger partial charge is 0.338 e. The van der Waals surface area contributed by atoms with E-state index in [9.17, 15) is 4.79 Å². The van der Waals surface area contributed by atoms with Crippen molar-refractivity contribution in [3.63, 3.8) is 0 Å². The maximum Gasteiger partial charge on any atom is 0.319 e. The van der Waals surface area contributed by atoms with Crippen molar-refractivity contribution in [3.05, 3.63) is 42.0 Å². The summed E-state index contributed by atoms with van der Waals surface area (Å²) in [7, 11) is 0. The molecule has 2 aromatic rings. The van der Waals surface area contributed by atoms with Crippen LogP contribution in [0.2, 0.25) is 0 Å². The number of nitrogens with zero attached hydrogens (tertiary/aromatic N) is 2. The van der Waals surface area contributed by atoms with Crippen LogP contribution in [0.1, 0.15) is 30.8 Å². The Kier molecular flexibility index (Phi) is 5.28. The first kappa shape index (κ1) is 15.0. The highest BCUT2D eigenvalue weighted by atomic mass is 16.2. The molecule has 2 rings (SSSR count). The van der Waals surface area contributed by atoms with Crippen LogP contribution in [-0.2, 0) is 6.42 Å². The highest BCUT2D eigenvalue weighted by Gasteiger charge is 2.04. The number of amides is 2. The van der Waals surface area contributed by atoms with E-state index in [4.69, 9.17) is 5.73 Å². The fourth-order valence-electron chi connectivity index (χ4n) is 1.88. The molecule has 0 aliphatic rings. The van der Waals surface area contributed by atoms with Gasteiger partial charge in [0.15, 0.2) is 0 Å². The van der Waals surface area contributed by atoms with Crippen LogP contribution in [0.15, 0.2) is 30.6 Å². The summed E-state index contributed by atoms with van der Waals surface area (Å²) in [5.41, 5.74) is 7.53. The van der Waals surface area contributed by atoms with Crippen LogP contribution in [-0.4, -0.2) is 27.8 Å². The first-order chi connectivity index (χ1) is 10.1. The number of anilines is 1. The number of urea groups is 1. The Hall–Kier alpha value is -2.41. The van der Waals surface area contributed by atoms with E-state index in [2.05, 4.69) is 25.8 Å². The van der Waals surface area contributed by atoms with Crippen molar-refractivity contribution in [2.75, 3.05) is 11.9 Å². The maximum absolute atomic E-state index is 11.8. The Labute approximate surface area is 123 Å². The van der Waals surface area contributed by atoms with E-state index in [0.717, 1.165) is 29.9 Å². The number of carbonyl (C=O) groups excluding carboxylic acids is 1. The van der Waals surface area contributed by atoms with Gasteiger partial charge in [-0.1, -0.05) is 12.1 Å². The molecule has 1 unspecified atom stereocenters. The van der Waals surface area contributed by atoms with Gasteiger partial charge in [0.05, 0.1) is 0 Å². The molecule has 1 atom stereocenters.